The monoisotopic (exact) mass is 237 g/mol. The van der Waals surface area contributed by atoms with Gasteiger partial charge in [-0.1, -0.05) is 0 Å². The third kappa shape index (κ3) is 2.63. The molecule has 1 aromatic rings. The number of hydrogen-bond acceptors (Lipinski definition) is 4. The van der Waals surface area contributed by atoms with Crippen molar-refractivity contribution in [1.29, 1.82) is 0 Å². The number of nitrogens with two attached hydrogens (primary N) is 1. The fourth-order valence-electron chi connectivity index (χ4n) is 2.15. The number of fused-ring (bicyclic) bond motifs is 1. The molecule has 0 bridgehead atoms. The van der Waals surface area contributed by atoms with Crippen LogP contribution in [0.2, 0.25) is 0 Å². The van der Waals surface area contributed by atoms with Crippen molar-refractivity contribution in [3.8, 4) is 0 Å². The zero-order valence-corrected chi connectivity index (χ0v) is 10.3. The Morgan fingerprint density at radius 3 is 3.00 bits per heavy atom. The van der Waals surface area contributed by atoms with E-state index >= 15 is 0 Å². The molecular weight excluding hydrogens is 218 g/mol. The second kappa shape index (κ2) is 4.83. The second-order valence-corrected chi connectivity index (χ2v) is 4.70. The lowest BCUT2D eigenvalue weighted by Gasteiger charge is -2.14. The van der Waals surface area contributed by atoms with Gasteiger partial charge in [0.2, 0.25) is 5.91 Å². The second-order valence-electron chi connectivity index (χ2n) is 4.70. The summed E-state index contributed by atoms with van der Waals surface area (Å²) >= 11 is 0. The van der Waals surface area contributed by atoms with Crippen LogP contribution in [0.1, 0.15) is 44.4 Å². The number of amides is 1. The average Bonchev–Trinajstić information content (AvgIpc) is 2.74. The number of rotatable bonds is 4. The molecule has 0 saturated heterocycles. The Kier molecular flexibility index (Phi) is 3.42. The van der Waals surface area contributed by atoms with Crippen molar-refractivity contribution in [2.24, 2.45) is 5.73 Å². The third-order valence-electron chi connectivity index (χ3n) is 2.91. The van der Waals surface area contributed by atoms with E-state index in [0.717, 1.165) is 31.0 Å². The Balaban J connectivity index is 2.00. The van der Waals surface area contributed by atoms with Gasteiger partial charge in [0.05, 0.1) is 6.04 Å². The maximum absolute atomic E-state index is 11.6. The molecule has 0 fully saturated rings. The van der Waals surface area contributed by atoms with E-state index in [2.05, 4.69) is 20.1 Å². The van der Waals surface area contributed by atoms with Crippen LogP contribution in [0.25, 0.3) is 0 Å². The van der Waals surface area contributed by atoms with E-state index in [1.54, 1.807) is 0 Å². The molecule has 0 radical (unpaired) electrons. The van der Waals surface area contributed by atoms with Crippen molar-refractivity contribution >= 4 is 5.91 Å². The Morgan fingerprint density at radius 1 is 1.53 bits per heavy atom. The molecule has 3 N–H and O–H groups in total. The van der Waals surface area contributed by atoms with Crippen LogP contribution in [-0.4, -0.2) is 26.7 Å². The SMILES string of the molecule is CC(N)CC(=O)NC(C)c1nnc2n1CCC2. The summed E-state index contributed by atoms with van der Waals surface area (Å²) in [7, 11) is 0. The van der Waals surface area contributed by atoms with Crippen LogP contribution >= 0.6 is 0 Å². The van der Waals surface area contributed by atoms with Gasteiger partial charge >= 0.3 is 0 Å². The van der Waals surface area contributed by atoms with E-state index < -0.39 is 0 Å². The summed E-state index contributed by atoms with van der Waals surface area (Å²) in [4.78, 5) is 11.6. The predicted molar refractivity (Wildman–Crippen MR) is 63.2 cm³/mol. The summed E-state index contributed by atoms with van der Waals surface area (Å²) in [5.74, 6) is 1.83. The maximum Gasteiger partial charge on any atom is 0.222 e. The number of hydrogen-bond donors (Lipinski definition) is 2. The predicted octanol–water partition coefficient (Wildman–Crippen LogP) is 0.139. The Morgan fingerprint density at radius 2 is 2.29 bits per heavy atom. The number of nitrogens with one attached hydrogen (secondary N) is 1. The molecule has 0 aromatic carbocycles. The largest absolute Gasteiger partial charge is 0.346 e. The Hall–Kier alpha value is -1.43. The molecule has 6 nitrogen and oxygen atoms in total. The Bertz CT molecular complexity index is 412. The summed E-state index contributed by atoms with van der Waals surface area (Å²) in [5.41, 5.74) is 5.58. The average molecular weight is 237 g/mol. The van der Waals surface area contributed by atoms with Gasteiger partial charge in [-0.25, -0.2) is 0 Å². The molecule has 1 aromatic heterocycles. The van der Waals surface area contributed by atoms with E-state index in [4.69, 9.17) is 5.73 Å². The van der Waals surface area contributed by atoms with E-state index in [0.29, 0.717) is 6.42 Å². The van der Waals surface area contributed by atoms with E-state index in [9.17, 15) is 4.79 Å². The standard InChI is InChI=1S/C11H19N5O/c1-7(12)6-10(17)13-8(2)11-15-14-9-4-3-5-16(9)11/h7-8H,3-6,12H2,1-2H3,(H,13,17). The minimum Gasteiger partial charge on any atom is -0.346 e. The number of aryl methyl sites for hydroxylation is 1. The van der Waals surface area contributed by atoms with Crippen LogP contribution in [0, 0.1) is 0 Å². The van der Waals surface area contributed by atoms with Crippen LogP contribution < -0.4 is 11.1 Å². The van der Waals surface area contributed by atoms with Gasteiger partial charge in [0, 0.05) is 25.4 Å². The fourth-order valence-corrected chi connectivity index (χ4v) is 2.15. The minimum atomic E-state index is -0.119. The molecule has 0 spiro atoms. The quantitative estimate of drug-likeness (QED) is 0.780. The van der Waals surface area contributed by atoms with Crippen molar-refractivity contribution in [3.05, 3.63) is 11.6 Å². The summed E-state index contributed by atoms with van der Waals surface area (Å²) in [6.45, 7) is 4.69. The van der Waals surface area contributed by atoms with Crippen molar-refractivity contribution in [2.75, 3.05) is 0 Å². The van der Waals surface area contributed by atoms with E-state index in [1.165, 1.54) is 0 Å². The molecule has 2 unspecified atom stereocenters. The van der Waals surface area contributed by atoms with Gasteiger partial charge in [-0.15, -0.1) is 10.2 Å². The Labute approximate surface area is 101 Å². The number of aromatic nitrogens is 3. The van der Waals surface area contributed by atoms with Crippen molar-refractivity contribution in [3.63, 3.8) is 0 Å². The molecule has 1 aliphatic heterocycles. The number of carbonyl (C=O) groups is 1. The van der Waals surface area contributed by atoms with Gasteiger partial charge in [0.25, 0.3) is 0 Å². The number of nitrogens with zero attached hydrogens (tertiary/aromatic N) is 3. The van der Waals surface area contributed by atoms with Crippen molar-refractivity contribution in [1.82, 2.24) is 20.1 Å². The molecule has 94 valence electrons. The molecule has 1 amide bonds. The lowest BCUT2D eigenvalue weighted by Crippen LogP contribution is -2.32. The van der Waals surface area contributed by atoms with Gasteiger partial charge in [-0.2, -0.15) is 0 Å². The van der Waals surface area contributed by atoms with Crippen LogP contribution in [0.15, 0.2) is 0 Å². The first kappa shape index (κ1) is 12.0. The lowest BCUT2D eigenvalue weighted by molar-refractivity contribution is -0.122. The summed E-state index contributed by atoms with van der Waals surface area (Å²) in [5, 5.41) is 11.2. The van der Waals surface area contributed by atoms with E-state index in [1.807, 2.05) is 13.8 Å². The third-order valence-corrected chi connectivity index (χ3v) is 2.91. The molecule has 6 heteroatoms. The number of carbonyl (C=O) groups excluding carboxylic acids is 1. The van der Waals surface area contributed by atoms with E-state index in [-0.39, 0.29) is 18.0 Å². The zero-order valence-electron chi connectivity index (χ0n) is 10.3. The topological polar surface area (TPSA) is 85.8 Å². The molecular formula is C11H19N5O. The van der Waals surface area contributed by atoms with Gasteiger partial charge in [0.15, 0.2) is 5.82 Å². The van der Waals surface area contributed by atoms with Gasteiger partial charge < -0.3 is 15.6 Å². The highest BCUT2D eigenvalue weighted by Crippen LogP contribution is 2.18. The first-order chi connectivity index (χ1) is 8.08. The summed E-state index contributed by atoms with van der Waals surface area (Å²) < 4.78 is 2.09. The smallest absolute Gasteiger partial charge is 0.222 e. The van der Waals surface area contributed by atoms with Crippen molar-refractivity contribution < 1.29 is 4.79 Å². The summed E-state index contributed by atoms with van der Waals surface area (Å²) in [6, 6.07) is -0.230. The van der Waals surface area contributed by atoms with Gasteiger partial charge in [0.1, 0.15) is 5.82 Å². The molecule has 1 aliphatic rings. The molecule has 0 saturated carbocycles. The highest BCUT2D eigenvalue weighted by molar-refractivity contribution is 5.76. The summed E-state index contributed by atoms with van der Waals surface area (Å²) in [6.07, 6.45) is 2.43. The van der Waals surface area contributed by atoms with Gasteiger partial charge in [-0.05, 0) is 20.3 Å². The first-order valence-electron chi connectivity index (χ1n) is 6.05. The molecule has 2 heterocycles. The van der Waals surface area contributed by atoms with Crippen LogP contribution in [0.3, 0.4) is 0 Å². The molecule has 17 heavy (non-hydrogen) atoms. The normalized spacial score (nSPS) is 17.6. The first-order valence-corrected chi connectivity index (χ1v) is 6.05. The highest BCUT2D eigenvalue weighted by Gasteiger charge is 2.22. The lowest BCUT2D eigenvalue weighted by atomic mass is 10.2. The van der Waals surface area contributed by atoms with Crippen LogP contribution in [0.5, 0.6) is 0 Å². The zero-order chi connectivity index (χ0) is 12.4. The minimum absolute atomic E-state index is 0.0390. The maximum atomic E-state index is 11.6. The van der Waals surface area contributed by atoms with Gasteiger partial charge in [-0.3, -0.25) is 4.79 Å². The fraction of sp³-hybridized carbons (Fsp3) is 0.727. The molecule has 2 atom stereocenters. The molecule has 0 aliphatic carbocycles. The van der Waals surface area contributed by atoms with Crippen molar-refractivity contribution in [2.45, 2.75) is 51.7 Å². The highest BCUT2D eigenvalue weighted by atomic mass is 16.1. The molecule has 2 rings (SSSR count). The van der Waals surface area contributed by atoms with Crippen LogP contribution in [-0.2, 0) is 17.8 Å². The van der Waals surface area contributed by atoms with Crippen LogP contribution in [0.4, 0.5) is 0 Å².